The molecule has 0 aliphatic carbocycles. The van der Waals surface area contributed by atoms with Crippen LogP contribution in [0, 0.1) is 0 Å². The summed E-state index contributed by atoms with van der Waals surface area (Å²) in [5.41, 5.74) is 2.77. The smallest absolute Gasteiger partial charge is 0.191 e. The molecule has 0 saturated carbocycles. The van der Waals surface area contributed by atoms with Crippen LogP contribution in [-0.4, -0.2) is 38.7 Å². The lowest BCUT2D eigenvalue weighted by atomic mass is 10.1. The van der Waals surface area contributed by atoms with Crippen molar-refractivity contribution in [3.8, 4) is 0 Å². The molecule has 0 radical (unpaired) electrons. The summed E-state index contributed by atoms with van der Waals surface area (Å²) < 4.78 is 0. The molecule has 5 heteroatoms. The van der Waals surface area contributed by atoms with Gasteiger partial charge < -0.3 is 15.5 Å². The van der Waals surface area contributed by atoms with Crippen molar-refractivity contribution < 1.29 is 0 Å². The topological polar surface area (TPSA) is 39.7 Å². The van der Waals surface area contributed by atoms with Crippen molar-refractivity contribution in [2.75, 3.05) is 31.6 Å². The molecule has 140 valence electrons. The molecule has 0 amide bonds. The summed E-state index contributed by atoms with van der Waals surface area (Å²) in [6, 6.07) is 13.8. The van der Waals surface area contributed by atoms with Gasteiger partial charge in [-0.1, -0.05) is 31.2 Å². The van der Waals surface area contributed by atoms with Crippen LogP contribution in [0.25, 0.3) is 0 Å². The van der Waals surface area contributed by atoms with Crippen molar-refractivity contribution in [2.45, 2.75) is 38.6 Å². The van der Waals surface area contributed by atoms with E-state index in [0.29, 0.717) is 6.04 Å². The first kappa shape index (κ1) is 18.8. The van der Waals surface area contributed by atoms with E-state index in [1.165, 1.54) is 16.1 Å². The predicted octanol–water partition coefficient (Wildman–Crippen LogP) is 3.69. The molecule has 0 bridgehead atoms. The molecule has 1 aromatic carbocycles. The molecular weight excluding hydrogens is 340 g/mol. The van der Waals surface area contributed by atoms with Gasteiger partial charge in [0.15, 0.2) is 5.96 Å². The number of nitrogens with one attached hydrogen (secondary N) is 2. The van der Waals surface area contributed by atoms with Crippen molar-refractivity contribution in [3.63, 3.8) is 0 Å². The Morgan fingerprint density at radius 2 is 1.88 bits per heavy atom. The average molecular weight is 371 g/mol. The van der Waals surface area contributed by atoms with Gasteiger partial charge >= 0.3 is 0 Å². The number of nitrogens with zero attached hydrogens (tertiary/aromatic N) is 2. The molecule has 2 heterocycles. The van der Waals surface area contributed by atoms with E-state index in [0.717, 1.165) is 51.3 Å². The van der Waals surface area contributed by atoms with Gasteiger partial charge in [0.1, 0.15) is 0 Å². The monoisotopic (exact) mass is 370 g/mol. The molecule has 0 spiro atoms. The molecular formula is C21H30N4S. The van der Waals surface area contributed by atoms with E-state index in [1.54, 1.807) is 0 Å². The van der Waals surface area contributed by atoms with E-state index in [4.69, 9.17) is 0 Å². The maximum atomic E-state index is 4.39. The average Bonchev–Trinajstić information content (AvgIpc) is 3.23. The zero-order valence-electron chi connectivity index (χ0n) is 15.9. The Hall–Kier alpha value is -2.01. The molecule has 0 unspecified atom stereocenters. The van der Waals surface area contributed by atoms with Crippen molar-refractivity contribution in [3.05, 3.63) is 52.9 Å². The predicted molar refractivity (Wildman–Crippen MR) is 114 cm³/mol. The Balaban J connectivity index is 1.39. The molecule has 26 heavy (non-hydrogen) atoms. The summed E-state index contributed by atoms with van der Waals surface area (Å²) in [6.07, 6.45) is 4.41. The Morgan fingerprint density at radius 3 is 2.50 bits per heavy atom. The summed E-state index contributed by atoms with van der Waals surface area (Å²) >= 11 is 1.83. The van der Waals surface area contributed by atoms with E-state index in [9.17, 15) is 0 Å². The van der Waals surface area contributed by atoms with Gasteiger partial charge in [0.25, 0.3) is 0 Å². The number of hydrogen-bond donors (Lipinski definition) is 2. The number of aliphatic imine (C=N–C) groups is 1. The quantitative estimate of drug-likeness (QED) is 0.602. The molecule has 3 rings (SSSR count). The number of guanidine groups is 1. The van der Waals surface area contributed by atoms with Crippen LogP contribution in [0.4, 0.5) is 5.00 Å². The molecule has 2 aromatic rings. The molecule has 1 aliphatic rings. The summed E-state index contributed by atoms with van der Waals surface area (Å²) in [6.45, 7) is 5.31. The van der Waals surface area contributed by atoms with Gasteiger partial charge in [-0.3, -0.25) is 4.99 Å². The van der Waals surface area contributed by atoms with Crippen molar-refractivity contribution in [2.24, 2.45) is 4.99 Å². The molecule has 1 saturated heterocycles. The lowest BCUT2D eigenvalue weighted by Gasteiger charge is -2.33. The second kappa shape index (κ2) is 9.62. The third kappa shape index (κ3) is 5.24. The van der Waals surface area contributed by atoms with Crippen LogP contribution in [0.2, 0.25) is 0 Å². The van der Waals surface area contributed by atoms with E-state index in [1.807, 2.05) is 18.4 Å². The normalized spacial score (nSPS) is 15.9. The highest BCUT2D eigenvalue weighted by Gasteiger charge is 2.20. The fourth-order valence-electron chi connectivity index (χ4n) is 3.35. The number of piperidine rings is 1. The zero-order chi connectivity index (χ0) is 18.2. The van der Waals surface area contributed by atoms with Crippen LogP contribution in [0.3, 0.4) is 0 Å². The largest absolute Gasteiger partial charge is 0.363 e. The summed E-state index contributed by atoms with van der Waals surface area (Å²) in [5, 5.41) is 10.6. The Kier molecular flexibility index (Phi) is 6.95. The second-order valence-corrected chi connectivity index (χ2v) is 7.70. The van der Waals surface area contributed by atoms with Gasteiger partial charge in [0.2, 0.25) is 0 Å². The molecule has 0 atom stereocenters. The van der Waals surface area contributed by atoms with Crippen LogP contribution in [0.15, 0.2) is 46.8 Å². The number of rotatable bonds is 6. The molecule has 1 aliphatic heterocycles. The minimum Gasteiger partial charge on any atom is -0.363 e. The minimum absolute atomic E-state index is 0.501. The summed E-state index contributed by atoms with van der Waals surface area (Å²) in [4.78, 5) is 6.88. The molecule has 4 nitrogen and oxygen atoms in total. The number of anilines is 1. The molecule has 1 fully saturated rings. The molecule has 2 N–H and O–H groups in total. The number of hydrogen-bond acceptors (Lipinski definition) is 3. The van der Waals surface area contributed by atoms with Gasteiger partial charge in [-0.25, -0.2) is 0 Å². The minimum atomic E-state index is 0.501. The number of aryl methyl sites for hydroxylation is 1. The first-order valence-corrected chi connectivity index (χ1v) is 10.5. The van der Waals surface area contributed by atoms with Crippen molar-refractivity contribution in [1.29, 1.82) is 0 Å². The van der Waals surface area contributed by atoms with Crippen molar-refractivity contribution in [1.82, 2.24) is 10.6 Å². The van der Waals surface area contributed by atoms with Gasteiger partial charge in [0.05, 0.1) is 5.00 Å². The number of thiophene rings is 1. The maximum Gasteiger partial charge on any atom is 0.191 e. The van der Waals surface area contributed by atoms with Gasteiger partial charge in [-0.2, -0.15) is 0 Å². The highest BCUT2D eigenvalue weighted by atomic mass is 32.1. The maximum absolute atomic E-state index is 4.39. The van der Waals surface area contributed by atoms with Crippen LogP contribution in [-0.2, 0) is 12.8 Å². The lowest BCUT2D eigenvalue weighted by Crippen LogP contribution is -2.49. The fourth-order valence-corrected chi connectivity index (χ4v) is 4.13. The first-order chi connectivity index (χ1) is 12.8. The Labute approximate surface area is 161 Å². The van der Waals surface area contributed by atoms with Crippen LogP contribution in [0.1, 0.15) is 30.9 Å². The summed E-state index contributed by atoms with van der Waals surface area (Å²) in [5.74, 6) is 0.921. The van der Waals surface area contributed by atoms with Gasteiger partial charge in [-0.05, 0) is 54.3 Å². The van der Waals surface area contributed by atoms with E-state index in [2.05, 4.69) is 69.2 Å². The number of benzene rings is 1. The van der Waals surface area contributed by atoms with E-state index in [-0.39, 0.29) is 0 Å². The van der Waals surface area contributed by atoms with Crippen LogP contribution >= 0.6 is 11.3 Å². The van der Waals surface area contributed by atoms with E-state index < -0.39 is 0 Å². The first-order valence-electron chi connectivity index (χ1n) is 9.62. The van der Waals surface area contributed by atoms with Gasteiger partial charge in [-0.15, -0.1) is 11.3 Å². The Bertz CT molecular complexity index is 671. The van der Waals surface area contributed by atoms with Gasteiger partial charge in [0, 0.05) is 32.7 Å². The zero-order valence-corrected chi connectivity index (χ0v) is 16.7. The third-order valence-electron chi connectivity index (χ3n) is 5.01. The van der Waals surface area contributed by atoms with E-state index >= 15 is 0 Å². The Morgan fingerprint density at radius 1 is 1.15 bits per heavy atom. The standard InChI is InChI=1S/C21H30N4S/c1-3-17-6-8-18(9-7-17)10-13-23-21(22-2)24-19-11-14-25(15-12-19)20-5-4-16-26-20/h4-9,16,19H,3,10-15H2,1-2H3,(H2,22,23,24). The van der Waals surface area contributed by atoms with Crippen LogP contribution < -0.4 is 15.5 Å². The third-order valence-corrected chi connectivity index (χ3v) is 5.94. The summed E-state index contributed by atoms with van der Waals surface area (Å²) in [7, 11) is 1.85. The second-order valence-electron chi connectivity index (χ2n) is 6.78. The van der Waals surface area contributed by atoms with Crippen LogP contribution in [0.5, 0.6) is 0 Å². The molecule has 1 aromatic heterocycles. The fraction of sp³-hybridized carbons (Fsp3) is 0.476. The lowest BCUT2D eigenvalue weighted by molar-refractivity contribution is 0.463. The van der Waals surface area contributed by atoms with Crippen molar-refractivity contribution >= 4 is 22.3 Å². The highest BCUT2D eigenvalue weighted by molar-refractivity contribution is 7.14. The SMILES string of the molecule is CCc1ccc(CCNC(=NC)NC2CCN(c3cccs3)CC2)cc1. The highest BCUT2D eigenvalue weighted by Crippen LogP contribution is 2.24.